The van der Waals surface area contributed by atoms with Crippen molar-refractivity contribution in [3.8, 4) is 0 Å². The molecule has 2 nitrogen and oxygen atoms in total. The largest absolute Gasteiger partial charge is 0.398 e. The van der Waals surface area contributed by atoms with Gasteiger partial charge in [-0.2, -0.15) is 0 Å². The first kappa shape index (κ1) is 17.6. The molecule has 2 heteroatoms. The maximum Gasteiger partial charge on any atom is 0.0393 e. The fourth-order valence-corrected chi connectivity index (χ4v) is 3.21. The molecule has 0 aliphatic carbocycles. The van der Waals surface area contributed by atoms with E-state index >= 15 is 0 Å². The Morgan fingerprint density at radius 3 is 1.89 bits per heavy atom. The van der Waals surface area contributed by atoms with E-state index in [1.165, 1.54) is 16.2 Å². The number of hydrogen-bond donors (Lipinski definition) is 2. The van der Waals surface area contributed by atoms with Crippen LogP contribution in [0.5, 0.6) is 0 Å². The summed E-state index contributed by atoms with van der Waals surface area (Å²) in [7, 11) is 0. The van der Waals surface area contributed by atoms with Crippen molar-refractivity contribution in [3.63, 3.8) is 0 Å². The number of rotatable bonds is 2. The van der Waals surface area contributed by atoms with Crippen molar-refractivity contribution in [2.24, 2.45) is 0 Å². The molecule has 0 spiro atoms. The van der Waals surface area contributed by atoms with Crippen molar-refractivity contribution >= 4 is 38.6 Å². The molecule has 0 heterocycles. The molecule has 28 heavy (non-hydrogen) atoms. The Bertz CT molecular complexity index is 1190. The summed E-state index contributed by atoms with van der Waals surface area (Å²) in [5.41, 5.74) is 8.84. The van der Waals surface area contributed by atoms with Gasteiger partial charge in [0, 0.05) is 22.4 Å². The van der Waals surface area contributed by atoms with Gasteiger partial charge in [0.15, 0.2) is 0 Å². The van der Waals surface area contributed by atoms with E-state index in [-0.39, 0.29) is 0 Å². The zero-order valence-corrected chi connectivity index (χ0v) is 15.5. The lowest BCUT2D eigenvalue weighted by atomic mass is 10.1. The van der Waals surface area contributed by atoms with E-state index < -0.39 is 0 Å². The zero-order chi connectivity index (χ0) is 19.2. The van der Waals surface area contributed by atoms with Crippen molar-refractivity contribution in [1.29, 1.82) is 0 Å². The summed E-state index contributed by atoms with van der Waals surface area (Å²) < 4.78 is 0. The average Bonchev–Trinajstić information content (AvgIpc) is 2.75. The number of nitrogen functional groups attached to an aromatic ring is 1. The van der Waals surface area contributed by atoms with Crippen LogP contribution in [0, 0.1) is 0 Å². The standard InChI is InChI=1S/C16H13N.C10H9N/c1-2-8-15(9-3-1)17-16-11-10-13-6-4-5-7-14(13)12-16;11-10-7-3-5-8-4-1-2-6-9(8)10/h1-12,17H;1-7H,11H2. The van der Waals surface area contributed by atoms with Crippen LogP contribution in [0.3, 0.4) is 0 Å². The number of fused-ring (bicyclic) bond motifs is 2. The van der Waals surface area contributed by atoms with Crippen LogP contribution in [0.1, 0.15) is 0 Å². The molecule has 0 saturated heterocycles. The fraction of sp³-hybridized carbons (Fsp3) is 0. The Morgan fingerprint density at radius 2 is 1.11 bits per heavy atom. The topological polar surface area (TPSA) is 38.0 Å². The van der Waals surface area contributed by atoms with Gasteiger partial charge in [-0.05, 0) is 46.5 Å². The predicted octanol–water partition coefficient (Wildman–Crippen LogP) is 7.01. The van der Waals surface area contributed by atoms with Gasteiger partial charge in [0.2, 0.25) is 0 Å². The Kier molecular flexibility index (Phi) is 5.21. The van der Waals surface area contributed by atoms with Crippen molar-refractivity contribution in [3.05, 3.63) is 115 Å². The first-order chi connectivity index (χ1) is 13.8. The van der Waals surface area contributed by atoms with Crippen LogP contribution in [-0.2, 0) is 0 Å². The van der Waals surface area contributed by atoms with Crippen molar-refractivity contribution in [1.82, 2.24) is 0 Å². The van der Waals surface area contributed by atoms with Crippen LogP contribution in [-0.4, -0.2) is 0 Å². The quantitative estimate of drug-likeness (QED) is 0.332. The van der Waals surface area contributed by atoms with Crippen LogP contribution in [0.15, 0.2) is 115 Å². The molecule has 0 bridgehead atoms. The molecule has 0 unspecified atom stereocenters. The Labute approximate surface area is 165 Å². The third-order valence-electron chi connectivity index (χ3n) is 4.64. The summed E-state index contributed by atoms with van der Waals surface area (Å²) in [5.74, 6) is 0. The van der Waals surface area contributed by atoms with E-state index in [1.807, 2.05) is 48.5 Å². The molecule has 0 amide bonds. The number of para-hydroxylation sites is 1. The molecule has 5 rings (SSSR count). The zero-order valence-electron chi connectivity index (χ0n) is 15.5. The number of nitrogens with one attached hydrogen (secondary N) is 1. The van der Waals surface area contributed by atoms with E-state index in [1.54, 1.807) is 0 Å². The van der Waals surface area contributed by atoms with Crippen LogP contribution < -0.4 is 11.1 Å². The summed E-state index contributed by atoms with van der Waals surface area (Å²) in [4.78, 5) is 0. The fourth-order valence-electron chi connectivity index (χ4n) is 3.21. The Hall–Kier alpha value is -3.78. The normalized spacial score (nSPS) is 10.3. The maximum absolute atomic E-state index is 5.76. The summed E-state index contributed by atoms with van der Waals surface area (Å²) in [5, 5.41) is 8.26. The van der Waals surface area contributed by atoms with Gasteiger partial charge >= 0.3 is 0 Å². The van der Waals surface area contributed by atoms with Gasteiger partial charge in [0.1, 0.15) is 0 Å². The second-order valence-corrected chi connectivity index (χ2v) is 6.62. The molecule has 0 aromatic heterocycles. The highest BCUT2D eigenvalue weighted by atomic mass is 14.9. The number of hydrogen-bond acceptors (Lipinski definition) is 2. The molecular formula is C26H22N2. The lowest BCUT2D eigenvalue weighted by Gasteiger charge is -2.07. The number of nitrogens with two attached hydrogens (primary N) is 1. The SMILES string of the molecule is Nc1cccc2ccccc12.c1ccc(Nc2ccc3ccccc3c2)cc1. The van der Waals surface area contributed by atoms with E-state index in [4.69, 9.17) is 5.73 Å². The Morgan fingerprint density at radius 1 is 0.464 bits per heavy atom. The maximum atomic E-state index is 5.76. The van der Waals surface area contributed by atoms with Gasteiger partial charge in [-0.3, -0.25) is 0 Å². The summed E-state index contributed by atoms with van der Waals surface area (Å²) in [6.07, 6.45) is 0. The molecule has 0 aliphatic rings. The van der Waals surface area contributed by atoms with Gasteiger partial charge in [0.25, 0.3) is 0 Å². The number of anilines is 3. The molecule has 136 valence electrons. The van der Waals surface area contributed by atoms with Gasteiger partial charge in [-0.25, -0.2) is 0 Å². The minimum absolute atomic E-state index is 0.850. The monoisotopic (exact) mass is 362 g/mol. The minimum Gasteiger partial charge on any atom is -0.398 e. The molecule has 5 aromatic carbocycles. The highest BCUT2D eigenvalue weighted by molar-refractivity contribution is 5.92. The average molecular weight is 362 g/mol. The van der Waals surface area contributed by atoms with Crippen molar-refractivity contribution in [2.45, 2.75) is 0 Å². The highest BCUT2D eigenvalue weighted by Crippen LogP contribution is 2.22. The molecule has 0 radical (unpaired) electrons. The lowest BCUT2D eigenvalue weighted by molar-refractivity contribution is 1.57. The second-order valence-electron chi connectivity index (χ2n) is 6.62. The first-order valence-corrected chi connectivity index (χ1v) is 9.34. The summed E-state index contributed by atoms with van der Waals surface area (Å²) >= 11 is 0. The summed E-state index contributed by atoms with van der Waals surface area (Å²) in [6.45, 7) is 0. The van der Waals surface area contributed by atoms with E-state index in [0.717, 1.165) is 22.4 Å². The van der Waals surface area contributed by atoms with Crippen LogP contribution in [0.2, 0.25) is 0 Å². The lowest BCUT2D eigenvalue weighted by Crippen LogP contribution is -1.89. The third kappa shape index (κ3) is 4.13. The number of benzene rings is 5. The highest BCUT2D eigenvalue weighted by Gasteiger charge is 1.96. The van der Waals surface area contributed by atoms with Crippen molar-refractivity contribution < 1.29 is 0 Å². The second kappa shape index (κ2) is 8.28. The van der Waals surface area contributed by atoms with Gasteiger partial charge in [-0.1, -0.05) is 84.9 Å². The van der Waals surface area contributed by atoms with E-state index in [2.05, 4.69) is 72.0 Å². The molecular weight excluding hydrogens is 340 g/mol. The van der Waals surface area contributed by atoms with Gasteiger partial charge < -0.3 is 11.1 Å². The summed E-state index contributed by atoms with van der Waals surface area (Å²) in [6, 6.07) is 39.1. The van der Waals surface area contributed by atoms with Crippen LogP contribution in [0.25, 0.3) is 21.5 Å². The van der Waals surface area contributed by atoms with Crippen LogP contribution in [0.4, 0.5) is 17.1 Å². The molecule has 0 aliphatic heterocycles. The molecule has 0 saturated carbocycles. The van der Waals surface area contributed by atoms with Crippen LogP contribution >= 0.6 is 0 Å². The van der Waals surface area contributed by atoms with E-state index in [0.29, 0.717) is 0 Å². The van der Waals surface area contributed by atoms with Crippen molar-refractivity contribution in [2.75, 3.05) is 11.1 Å². The first-order valence-electron chi connectivity index (χ1n) is 9.34. The van der Waals surface area contributed by atoms with Gasteiger partial charge in [0.05, 0.1) is 0 Å². The molecule has 0 fully saturated rings. The smallest absolute Gasteiger partial charge is 0.0393 e. The minimum atomic E-state index is 0.850. The van der Waals surface area contributed by atoms with Gasteiger partial charge in [-0.15, -0.1) is 0 Å². The molecule has 3 N–H and O–H groups in total. The molecule has 0 atom stereocenters. The van der Waals surface area contributed by atoms with E-state index in [9.17, 15) is 0 Å². The predicted molar refractivity (Wildman–Crippen MR) is 122 cm³/mol. The Balaban J connectivity index is 0.000000151. The third-order valence-corrected chi connectivity index (χ3v) is 4.64. The molecule has 5 aromatic rings.